The summed E-state index contributed by atoms with van der Waals surface area (Å²) in [5.41, 5.74) is 1.04. The molecule has 5 nitrogen and oxygen atoms in total. The van der Waals surface area contributed by atoms with Crippen LogP contribution in [0.3, 0.4) is 0 Å². The molecular formula is C13H17AsN2O3. The van der Waals surface area contributed by atoms with Gasteiger partial charge in [-0.05, 0) is 0 Å². The van der Waals surface area contributed by atoms with E-state index in [9.17, 15) is 14.9 Å². The Bertz CT molecular complexity index is 581. The van der Waals surface area contributed by atoms with Crippen LogP contribution in [0.4, 0.5) is 11.4 Å². The maximum absolute atomic E-state index is 12.5. The van der Waals surface area contributed by atoms with Crippen LogP contribution in [0.15, 0.2) is 12.1 Å². The van der Waals surface area contributed by atoms with E-state index in [2.05, 4.69) is 0 Å². The van der Waals surface area contributed by atoms with Gasteiger partial charge in [-0.1, -0.05) is 0 Å². The van der Waals surface area contributed by atoms with Gasteiger partial charge in [0.05, 0.1) is 0 Å². The zero-order valence-electron chi connectivity index (χ0n) is 11.4. The van der Waals surface area contributed by atoms with E-state index >= 15 is 0 Å². The van der Waals surface area contributed by atoms with Crippen molar-refractivity contribution >= 4 is 38.5 Å². The fourth-order valence-electron chi connectivity index (χ4n) is 2.49. The monoisotopic (exact) mass is 324 g/mol. The molecule has 6 heteroatoms. The Morgan fingerprint density at radius 2 is 1.95 bits per heavy atom. The van der Waals surface area contributed by atoms with Crippen LogP contribution in [0.25, 0.3) is 0 Å². The van der Waals surface area contributed by atoms with E-state index in [-0.39, 0.29) is 22.6 Å². The first-order valence-corrected chi connectivity index (χ1v) is 7.31. The summed E-state index contributed by atoms with van der Waals surface area (Å²) >= 11 is 1.20. The van der Waals surface area contributed by atoms with Gasteiger partial charge >= 0.3 is 120 Å². The van der Waals surface area contributed by atoms with Crippen molar-refractivity contribution in [1.82, 2.24) is 0 Å². The summed E-state index contributed by atoms with van der Waals surface area (Å²) in [6.07, 6.45) is 0. The zero-order valence-corrected chi connectivity index (χ0v) is 13.9. The summed E-state index contributed by atoms with van der Waals surface area (Å²) in [4.78, 5) is 24.8. The molecule has 102 valence electrons. The Labute approximate surface area is 120 Å². The molecule has 0 aliphatic carbocycles. The van der Waals surface area contributed by atoms with E-state index in [1.165, 1.54) is 16.9 Å². The minimum absolute atomic E-state index is 0.00454. The Hall–Kier alpha value is -1.35. The van der Waals surface area contributed by atoms with Crippen molar-refractivity contribution in [3.8, 4) is 0 Å². The van der Waals surface area contributed by atoms with Crippen molar-refractivity contribution in [3.05, 3.63) is 27.8 Å². The molecule has 1 aromatic rings. The van der Waals surface area contributed by atoms with Crippen LogP contribution in [-0.4, -0.2) is 33.7 Å². The maximum atomic E-state index is 12.5. The van der Waals surface area contributed by atoms with Crippen LogP contribution in [0.1, 0.15) is 33.3 Å². The molecule has 0 fully saturated rings. The first-order valence-electron chi connectivity index (χ1n) is 6.10. The van der Waals surface area contributed by atoms with E-state index in [0.29, 0.717) is 10.0 Å². The molecule has 0 bridgehead atoms. The van der Waals surface area contributed by atoms with Gasteiger partial charge in [-0.15, -0.1) is 0 Å². The molecule has 0 radical (unpaired) electrons. The second-order valence-corrected chi connectivity index (χ2v) is 6.88. The SMILES string of the molecule is CC(C)N1C(=O)C(C)(C)c2cc([AsH2])c([N+](=O)[O-])cc21. The summed E-state index contributed by atoms with van der Waals surface area (Å²) in [6.45, 7) is 7.57. The van der Waals surface area contributed by atoms with Gasteiger partial charge < -0.3 is 0 Å². The van der Waals surface area contributed by atoms with Crippen molar-refractivity contribution in [2.24, 2.45) is 0 Å². The van der Waals surface area contributed by atoms with E-state index in [1.54, 1.807) is 17.0 Å². The van der Waals surface area contributed by atoms with Gasteiger partial charge in [-0.3, -0.25) is 0 Å². The number of carbonyl (C=O) groups is 1. The predicted molar refractivity (Wildman–Crippen MR) is 76.9 cm³/mol. The zero-order chi connectivity index (χ0) is 14.5. The third kappa shape index (κ3) is 1.96. The fourth-order valence-corrected chi connectivity index (χ4v) is 3.24. The van der Waals surface area contributed by atoms with Gasteiger partial charge in [0.1, 0.15) is 0 Å². The Kier molecular flexibility index (Phi) is 3.21. The molecule has 1 aliphatic heterocycles. The summed E-state index contributed by atoms with van der Waals surface area (Å²) < 4.78 is 0.655. The van der Waals surface area contributed by atoms with Gasteiger partial charge in [0, 0.05) is 0 Å². The number of hydrogen-bond acceptors (Lipinski definition) is 3. The van der Waals surface area contributed by atoms with Crippen LogP contribution in [0, 0.1) is 10.1 Å². The molecule has 1 heterocycles. The number of carbonyl (C=O) groups excluding carboxylic acids is 1. The molecule has 0 N–H and O–H groups in total. The quantitative estimate of drug-likeness (QED) is 0.461. The second kappa shape index (κ2) is 4.34. The molecule has 1 unspecified atom stereocenters. The summed E-state index contributed by atoms with van der Waals surface area (Å²) in [5, 5.41) is 11.1. The van der Waals surface area contributed by atoms with Crippen LogP contribution in [0.5, 0.6) is 0 Å². The third-order valence-corrected chi connectivity index (χ3v) is 4.51. The van der Waals surface area contributed by atoms with Crippen molar-refractivity contribution < 1.29 is 9.72 Å². The molecule has 1 amide bonds. The Balaban J connectivity index is 2.73. The van der Waals surface area contributed by atoms with Crippen molar-refractivity contribution in [2.45, 2.75) is 39.2 Å². The third-order valence-electron chi connectivity index (χ3n) is 3.54. The van der Waals surface area contributed by atoms with Crippen LogP contribution in [0.2, 0.25) is 0 Å². The summed E-state index contributed by atoms with van der Waals surface area (Å²) in [5.74, 6) is 0.00454. The molecule has 19 heavy (non-hydrogen) atoms. The van der Waals surface area contributed by atoms with Crippen molar-refractivity contribution in [3.63, 3.8) is 0 Å². The number of amides is 1. The average Bonchev–Trinajstić information content (AvgIpc) is 2.47. The van der Waals surface area contributed by atoms with Gasteiger partial charge in [0.25, 0.3) is 0 Å². The number of rotatable bonds is 2. The predicted octanol–water partition coefficient (Wildman–Crippen LogP) is 0.886. The standard InChI is InChI=1S/C13H17AsN2O3/c1-7(2)15-10-6-11(16(18)19)9(14)5-8(10)13(3,4)12(15)17/h5-7H,14H2,1-4H3. The first-order chi connectivity index (χ1) is 8.67. The number of hydrogen-bond donors (Lipinski definition) is 0. The van der Waals surface area contributed by atoms with E-state index in [1.807, 2.05) is 27.7 Å². The number of nitro benzene ring substituents is 1. The van der Waals surface area contributed by atoms with Crippen LogP contribution in [-0.2, 0) is 10.2 Å². The number of anilines is 1. The van der Waals surface area contributed by atoms with Gasteiger partial charge in [0.2, 0.25) is 0 Å². The molecule has 2 rings (SSSR count). The average molecular weight is 324 g/mol. The van der Waals surface area contributed by atoms with Crippen molar-refractivity contribution in [1.29, 1.82) is 0 Å². The molecule has 0 aromatic heterocycles. The fraction of sp³-hybridized carbons (Fsp3) is 0.462. The van der Waals surface area contributed by atoms with E-state index < -0.39 is 5.41 Å². The molecule has 1 aliphatic rings. The topological polar surface area (TPSA) is 63.5 Å². The summed E-state index contributed by atoms with van der Waals surface area (Å²) in [7, 11) is 0. The van der Waals surface area contributed by atoms with Gasteiger partial charge in [-0.25, -0.2) is 0 Å². The molecule has 0 saturated carbocycles. The van der Waals surface area contributed by atoms with Crippen LogP contribution < -0.4 is 9.25 Å². The Morgan fingerprint density at radius 1 is 1.37 bits per heavy atom. The normalized spacial score (nSPS) is 16.9. The molecular weight excluding hydrogens is 307 g/mol. The number of benzene rings is 1. The first kappa shape index (κ1) is 14.1. The van der Waals surface area contributed by atoms with Gasteiger partial charge in [0.15, 0.2) is 0 Å². The van der Waals surface area contributed by atoms with E-state index in [4.69, 9.17) is 0 Å². The Morgan fingerprint density at radius 3 is 2.42 bits per heavy atom. The molecule has 0 spiro atoms. The van der Waals surface area contributed by atoms with E-state index in [0.717, 1.165) is 5.56 Å². The molecule has 1 aromatic carbocycles. The second-order valence-electron chi connectivity index (χ2n) is 5.58. The molecule has 1 atom stereocenters. The summed E-state index contributed by atoms with van der Waals surface area (Å²) in [6, 6.07) is 3.33. The minimum atomic E-state index is -0.616. The number of fused-ring (bicyclic) bond motifs is 1. The van der Waals surface area contributed by atoms with Gasteiger partial charge in [-0.2, -0.15) is 0 Å². The molecule has 0 saturated heterocycles. The number of nitro groups is 1. The number of nitrogens with zero attached hydrogens (tertiary/aromatic N) is 2. The van der Waals surface area contributed by atoms with Crippen molar-refractivity contribution in [2.75, 3.05) is 4.90 Å². The van der Waals surface area contributed by atoms with Crippen LogP contribution >= 0.6 is 0 Å².